The summed E-state index contributed by atoms with van der Waals surface area (Å²) in [6, 6.07) is 10.1. The number of rotatable bonds is 8. The van der Waals surface area contributed by atoms with E-state index in [1.165, 1.54) is 4.90 Å². The normalized spacial score (nSPS) is 14.0. The number of benzene rings is 2. The molecular formula is C23H27F2N3O2. The zero-order chi connectivity index (χ0) is 21.5. The molecule has 1 fully saturated rings. The first kappa shape index (κ1) is 21.9. The third-order valence-corrected chi connectivity index (χ3v) is 5.32. The third kappa shape index (κ3) is 5.86. The van der Waals surface area contributed by atoms with E-state index in [0.29, 0.717) is 25.2 Å². The second-order valence-corrected chi connectivity index (χ2v) is 7.70. The van der Waals surface area contributed by atoms with Gasteiger partial charge in [-0.2, -0.15) is 0 Å². The molecule has 0 atom stereocenters. The van der Waals surface area contributed by atoms with Crippen molar-refractivity contribution in [2.75, 3.05) is 18.4 Å². The third-order valence-electron chi connectivity index (χ3n) is 5.32. The summed E-state index contributed by atoms with van der Waals surface area (Å²) in [5, 5.41) is 2.95. The van der Waals surface area contributed by atoms with Crippen molar-refractivity contribution in [3.63, 3.8) is 0 Å². The number of nitrogens with one attached hydrogen (secondary N) is 1. The highest BCUT2D eigenvalue weighted by Crippen LogP contribution is 2.26. The molecule has 0 radical (unpaired) electrons. The Balaban J connectivity index is 1.74. The van der Waals surface area contributed by atoms with Gasteiger partial charge in [0.1, 0.15) is 11.6 Å². The van der Waals surface area contributed by atoms with Gasteiger partial charge in [-0.05, 0) is 55.6 Å². The first-order valence-corrected chi connectivity index (χ1v) is 10.3. The van der Waals surface area contributed by atoms with Crippen LogP contribution in [0, 0.1) is 17.6 Å². The summed E-state index contributed by atoms with van der Waals surface area (Å²) in [4.78, 5) is 26.8. The molecule has 1 aliphatic rings. The minimum atomic E-state index is -0.797. The highest BCUT2D eigenvalue weighted by Gasteiger charge is 2.23. The van der Waals surface area contributed by atoms with Crippen molar-refractivity contribution in [1.82, 2.24) is 4.90 Å². The van der Waals surface area contributed by atoms with Gasteiger partial charge in [0.2, 0.25) is 5.91 Å². The summed E-state index contributed by atoms with van der Waals surface area (Å²) >= 11 is 0. The van der Waals surface area contributed by atoms with E-state index < -0.39 is 17.5 Å². The van der Waals surface area contributed by atoms with Crippen molar-refractivity contribution < 1.29 is 18.4 Å². The standard InChI is InChI=1S/C23H27F2N3O2/c24-19-12-18(13-20(25)14-19)23(30)28(10-4-9-26)15-16-5-3-8-21(11-16)27-22(29)17-6-1-2-7-17/h3,5,8,11-14,17H,1-2,4,6-7,9-10,15,26H2,(H,27,29). The number of nitrogens with zero attached hydrogens (tertiary/aromatic N) is 1. The number of anilines is 1. The fourth-order valence-corrected chi connectivity index (χ4v) is 3.79. The van der Waals surface area contributed by atoms with Crippen molar-refractivity contribution >= 4 is 17.5 Å². The van der Waals surface area contributed by atoms with Crippen LogP contribution >= 0.6 is 0 Å². The van der Waals surface area contributed by atoms with E-state index in [0.717, 1.165) is 49.4 Å². The van der Waals surface area contributed by atoms with Gasteiger partial charge in [-0.1, -0.05) is 25.0 Å². The Morgan fingerprint density at radius 2 is 1.77 bits per heavy atom. The van der Waals surface area contributed by atoms with E-state index in [9.17, 15) is 18.4 Å². The highest BCUT2D eigenvalue weighted by molar-refractivity contribution is 5.94. The van der Waals surface area contributed by atoms with E-state index in [2.05, 4.69) is 5.32 Å². The van der Waals surface area contributed by atoms with Gasteiger partial charge in [-0.15, -0.1) is 0 Å². The number of hydrogen-bond acceptors (Lipinski definition) is 3. The number of carbonyl (C=O) groups excluding carboxylic acids is 2. The van der Waals surface area contributed by atoms with Gasteiger partial charge in [-0.25, -0.2) is 8.78 Å². The number of hydrogen-bond donors (Lipinski definition) is 2. The van der Waals surface area contributed by atoms with Crippen LogP contribution < -0.4 is 11.1 Å². The Labute approximate surface area is 175 Å². The molecule has 0 saturated heterocycles. The van der Waals surface area contributed by atoms with Gasteiger partial charge < -0.3 is 16.0 Å². The molecule has 3 rings (SSSR count). The first-order chi connectivity index (χ1) is 14.5. The second kappa shape index (κ2) is 10.3. The van der Waals surface area contributed by atoms with Crippen LogP contribution in [0.15, 0.2) is 42.5 Å². The largest absolute Gasteiger partial charge is 0.334 e. The van der Waals surface area contributed by atoms with E-state index >= 15 is 0 Å². The summed E-state index contributed by atoms with van der Waals surface area (Å²) in [6.07, 6.45) is 4.55. The molecule has 2 amide bonds. The van der Waals surface area contributed by atoms with Crippen molar-refractivity contribution in [1.29, 1.82) is 0 Å². The van der Waals surface area contributed by atoms with E-state index in [1.807, 2.05) is 24.3 Å². The lowest BCUT2D eigenvalue weighted by Gasteiger charge is -2.23. The van der Waals surface area contributed by atoms with Crippen LogP contribution in [0.2, 0.25) is 0 Å². The Kier molecular flexibility index (Phi) is 7.52. The Bertz CT molecular complexity index is 878. The number of halogens is 2. The van der Waals surface area contributed by atoms with Crippen LogP contribution in [-0.4, -0.2) is 29.8 Å². The minimum Gasteiger partial charge on any atom is -0.334 e. The maximum atomic E-state index is 13.6. The minimum absolute atomic E-state index is 0.0240. The SMILES string of the molecule is NCCCN(Cc1cccc(NC(=O)C2CCCC2)c1)C(=O)c1cc(F)cc(F)c1. The van der Waals surface area contributed by atoms with Gasteiger partial charge >= 0.3 is 0 Å². The molecule has 0 spiro atoms. The fourth-order valence-electron chi connectivity index (χ4n) is 3.79. The molecule has 0 unspecified atom stereocenters. The summed E-state index contributed by atoms with van der Waals surface area (Å²) in [5.41, 5.74) is 7.02. The molecule has 0 heterocycles. The number of nitrogens with two attached hydrogens (primary N) is 1. The van der Waals surface area contributed by atoms with Crippen LogP contribution in [0.5, 0.6) is 0 Å². The average Bonchev–Trinajstić information content (AvgIpc) is 3.25. The molecule has 1 aliphatic carbocycles. The monoisotopic (exact) mass is 415 g/mol. The van der Waals surface area contributed by atoms with Gasteiger partial charge in [0.15, 0.2) is 0 Å². The Morgan fingerprint density at radius 1 is 1.07 bits per heavy atom. The molecule has 30 heavy (non-hydrogen) atoms. The highest BCUT2D eigenvalue weighted by atomic mass is 19.1. The van der Waals surface area contributed by atoms with E-state index in [4.69, 9.17) is 5.73 Å². The molecule has 0 bridgehead atoms. The average molecular weight is 415 g/mol. The van der Waals surface area contributed by atoms with Gasteiger partial charge in [0, 0.05) is 36.3 Å². The van der Waals surface area contributed by atoms with Gasteiger partial charge in [-0.3, -0.25) is 9.59 Å². The topological polar surface area (TPSA) is 75.4 Å². The van der Waals surface area contributed by atoms with Crippen LogP contribution in [0.25, 0.3) is 0 Å². The summed E-state index contributed by atoms with van der Waals surface area (Å²) < 4.78 is 27.1. The predicted molar refractivity (Wildman–Crippen MR) is 112 cm³/mol. The smallest absolute Gasteiger partial charge is 0.254 e. The quantitative estimate of drug-likeness (QED) is 0.682. The van der Waals surface area contributed by atoms with Crippen LogP contribution in [-0.2, 0) is 11.3 Å². The summed E-state index contributed by atoms with van der Waals surface area (Å²) in [7, 11) is 0. The molecule has 2 aromatic rings. The van der Waals surface area contributed by atoms with Crippen molar-refractivity contribution in [3.05, 3.63) is 65.2 Å². The number of amides is 2. The first-order valence-electron chi connectivity index (χ1n) is 10.3. The van der Waals surface area contributed by atoms with Crippen LogP contribution in [0.1, 0.15) is 48.0 Å². The summed E-state index contributed by atoms with van der Waals surface area (Å²) in [6.45, 7) is 0.981. The van der Waals surface area contributed by atoms with Crippen molar-refractivity contribution in [3.8, 4) is 0 Å². The van der Waals surface area contributed by atoms with E-state index in [-0.39, 0.29) is 23.9 Å². The lowest BCUT2D eigenvalue weighted by atomic mass is 10.1. The maximum Gasteiger partial charge on any atom is 0.254 e. The Morgan fingerprint density at radius 3 is 2.43 bits per heavy atom. The van der Waals surface area contributed by atoms with Gasteiger partial charge in [0.25, 0.3) is 5.91 Å². The van der Waals surface area contributed by atoms with Crippen LogP contribution in [0.4, 0.5) is 14.5 Å². The molecule has 3 N–H and O–H groups in total. The molecular weight excluding hydrogens is 388 g/mol. The number of carbonyl (C=O) groups is 2. The Hall–Kier alpha value is -2.80. The fraction of sp³-hybridized carbons (Fsp3) is 0.391. The molecule has 1 saturated carbocycles. The summed E-state index contributed by atoms with van der Waals surface area (Å²) in [5.74, 6) is -1.99. The molecule has 2 aromatic carbocycles. The maximum absolute atomic E-state index is 13.6. The molecule has 0 aliphatic heterocycles. The molecule has 7 heteroatoms. The molecule has 5 nitrogen and oxygen atoms in total. The lowest BCUT2D eigenvalue weighted by molar-refractivity contribution is -0.119. The second-order valence-electron chi connectivity index (χ2n) is 7.70. The van der Waals surface area contributed by atoms with Crippen molar-refractivity contribution in [2.24, 2.45) is 11.7 Å². The molecule has 0 aromatic heterocycles. The predicted octanol–water partition coefficient (Wildman–Crippen LogP) is 4.08. The van der Waals surface area contributed by atoms with Gasteiger partial charge in [0.05, 0.1) is 0 Å². The zero-order valence-corrected chi connectivity index (χ0v) is 16.9. The molecule has 160 valence electrons. The van der Waals surface area contributed by atoms with Crippen molar-refractivity contribution in [2.45, 2.75) is 38.6 Å². The van der Waals surface area contributed by atoms with E-state index in [1.54, 1.807) is 0 Å². The zero-order valence-electron chi connectivity index (χ0n) is 16.9. The lowest BCUT2D eigenvalue weighted by Crippen LogP contribution is -2.32. The van der Waals surface area contributed by atoms with Crippen LogP contribution in [0.3, 0.4) is 0 Å².